The van der Waals surface area contributed by atoms with E-state index in [1.54, 1.807) is 18.2 Å². The topological polar surface area (TPSA) is 54.4 Å². The maximum atomic E-state index is 10.9. The van der Waals surface area contributed by atoms with Crippen molar-refractivity contribution in [3.8, 4) is 0 Å². The smallest absolute Gasteiger partial charge is 0.328 e. The van der Waals surface area contributed by atoms with Crippen LogP contribution in [0, 0.1) is 0 Å². The number of carbonyl (C=O) groups excluding carboxylic acids is 1. The highest BCUT2D eigenvalue weighted by Crippen LogP contribution is 2.18. The van der Waals surface area contributed by atoms with Gasteiger partial charge in [-0.1, -0.05) is 31.5 Å². The molecule has 0 aromatic heterocycles. The van der Waals surface area contributed by atoms with E-state index in [2.05, 4.69) is 6.92 Å². The molecule has 0 bridgehead atoms. The highest BCUT2D eigenvalue weighted by Gasteiger charge is 2.05. The van der Waals surface area contributed by atoms with E-state index in [-0.39, 0.29) is 0 Å². The van der Waals surface area contributed by atoms with E-state index in [9.17, 15) is 9.59 Å². The first kappa shape index (κ1) is 13.2. The van der Waals surface area contributed by atoms with Gasteiger partial charge in [0.15, 0.2) is 0 Å². The van der Waals surface area contributed by atoms with E-state index in [4.69, 9.17) is 5.11 Å². The van der Waals surface area contributed by atoms with Crippen LogP contribution in [0.5, 0.6) is 0 Å². The largest absolute Gasteiger partial charge is 0.478 e. The van der Waals surface area contributed by atoms with E-state index in [1.807, 2.05) is 6.07 Å². The number of hydrogen-bond donors (Lipinski definition) is 1. The highest BCUT2D eigenvalue weighted by atomic mass is 16.4. The molecule has 1 rings (SSSR count). The van der Waals surface area contributed by atoms with Gasteiger partial charge in [-0.15, -0.1) is 0 Å². The number of carbonyl (C=O) groups is 2. The summed E-state index contributed by atoms with van der Waals surface area (Å²) in [6.07, 6.45) is 6.28. The molecule has 0 heterocycles. The third-order valence-corrected chi connectivity index (χ3v) is 2.56. The fourth-order valence-electron chi connectivity index (χ4n) is 1.69. The van der Waals surface area contributed by atoms with Crippen molar-refractivity contribution in [2.75, 3.05) is 0 Å². The number of carboxylic acids is 1. The Morgan fingerprint density at radius 2 is 2.06 bits per heavy atom. The van der Waals surface area contributed by atoms with E-state index in [0.29, 0.717) is 5.56 Å². The summed E-state index contributed by atoms with van der Waals surface area (Å²) in [5, 5.41) is 8.61. The molecule has 0 aliphatic rings. The average Bonchev–Trinajstić information content (AvgIpc) is 2.33. The Balaban J connectivity index is 3.09. The number of aldehydes is 1. The van der Waals surface area contributed by atoms with Gasteiger partial charge >= 0.3 is 5.97 Å². The fraction of sp³-hybridized carbons (Fsp3) is 0.286. The van der Waals surface area contributed by atoms with Crippen molar-refractivity contribution in [1.82, 2.24) is 0 Å². The zero-order valence-corrected chi connectivity index (χ0v) is 9.85. The Morgan fingerprint density at radius 3 is 2.65 bits per heavy atom. The first-order chi connectivity index (χ1) is 8.19. The first-order valence-electron chi connectivity index (χ1n) is 5.67. The Bertz CT molecular complexity index is 433. The minimum absolute atomic E-state index is 0.644. The standard InChI is InChI=1S/C14H16O3/c1-2-3-7-13-11(8-9-14(16)17)5-4-6-12(13)10-15/h4-6,8-10H,2-3,7H2,1H3,(H,16,17)/b9-8+. The Kier molecular flexibility index (Phi) is 5.14. The summed E-state index contributed by atoms with van der Waals surface area (Å²) in [4.78, 5) is 21.4. The normalized spacial score (nSPS) is 10.6. The van der Waals surface area contributed by atoms with Gasteiger partial charge in [-0.2, -0.15) is 0 Å². The SMILES string of the molecule is CCCCc1c(C=O)cccc1/C=C/C(=O)O. The number of hydrogen-bond acceptors (Lipinski definition) is 2. The van der Waals surface area contributed by atoms with Crippen molar-refractivity contribution >= 4 is 18.3 Å². The number of aliphatic carboxylic acids is 1. The van der Waals surface area contributed by atoms with E-state index >= 15 is 0 Å². The molecule has 0 radical (unpaired) electrons. The van der Waals surface area contributed by atoms with Gasteiger partial charge in [0.25, 0.3) is 0 Å². The fourth-order valence-corrected chi connectivity index (χ4v) is 1.69. The van der Waals surface area contributed by atoms with Crippen LogP contribution in [0.2, 0.25) is 0 Å². The maximum absolute atomic E-state index is 10.9. The van der Waals surface area contributed by atoms with Gasteiger partial charge in [-0.05, 0) is 30.0 Å². The minimum Gasteiger partial charge on any atom is -0.478 e. The second-order valence-corrected chi connectivity index (χ2v) is 3.81. The molecule has 0 fully saturated rings. The number of unbranched alkanes of at least 4 members (excludes halogenated alkanes) is 1. The molecule has 0 saturated carbocycles. The highest BCUT2D eigenvalue weighted by molar-refractivity contribution is 5.87. The molecular weight excluding hydrogens is 216 g/mol. The van der Waals surface area contributed by atoms with Gasteiger partial charge in [-0.3, -0.25) is 4.79 Å². The molecule has 17 heavy (non-hydrogen) atoms. The van der Waals surface area contributed by atoms with Gasteiger partial charge in [0.05, 0.1) is 0 Å². The van der Waals surface area contributed by atoms with Crippen LogP contribution in [-0.4, -0.2) is 17.4 Å². The monoisotopic (exact) mass is 232 g/mol. The molecule has 1 N–H and O–H groups in total. The van der Waals surface area contributed by atoms with Gasteiger partial charge < -0.3 is 5.11 Å². The molecule has 90 valence electrons. The van der Waals surface area contributed by atoms with E-state index < -0.39 is 5.97 Å². The summed E-state index contributed by atoms with van der Waals surface area (Å²) >= 11 is 0. The molecule has 0 aliphatic carbocycles. The van der Waals surface area contributed by atoms with Crippen molar-refractivity contribution in [2.45, 2.75) is 26.2 Å². The molecule has 1 aromatic rings. The molecule has 0 amide bonds. The van der Waals surface area contributed by atoms with Crippen LogP contribution >= 0.6 is 0 Å². The number of rotatable bonds is 6. The first-order valence-corrected chi connectivity index (χ1v) is 5.67. The zero-order chi connectivity index (χ0) is 12.7. The lowest BCUT2D eigenvalue weighted by molar-refractivity contribution is -0.131. The molecule has 0 unspecified atom stereocenters. The second-order valence-electron chi connectivity index (χ2n) is 3.81. The van der Waals surface area contributed by atoms with Gasteiger partial charge in [0.1, 0.15) is 6.29 Å². The molecular formula is C14H16O3. The predicted molar refractivity (Wildman–Crippen MR) is 67.1 cm³/mol. The van der Waals surface area contributed by atoms with Crippen LogP contribution < -0.4 is 0 Å². The third-order valence-electron chi connectivity index (χ3n) is 2.56. The number of benzene rings is 1. The van der Waals surface area contributed by atoms with E-state index in [1.165, 1.54) is 0 Å². The van der Waals surface area contributed by atoms with Crippen LogP contribution in [0.4, 0.5) is 0 Å². The second kappa shape index (κ2) is 6.63. The van der Waals surface area contributed by atoms with Crippen molar-refractivity contribution in [2.24, 2.45) is 0 Å². The summed E-state index contributed by atoms with van der Waals surface area (Å²) in [7, 11) is 0. The van der Waals surface area contributed by atoms with Crippen LogP contribution in [-0.2, 0) is 11.2 Å². The van der Waals surface area contributed by atoms with E-state index in [0.717, 1.165) is 42.8 Å². The van der Waals surface area contributed by atoms with Crippen LogP contribution in [0.3, 0.4) is 0 Å². The number of carboxylic acid groups (broad SMARTS) is 1. The molecule has 0 aliphatic heterocycles. The van der Waals surface area contributed by atoms with Crippen molar-refractivity contribution in [3.05, 3.63) is 41.0 Å². The van der Waals surface area contributed by atoms with Crippen molar-refractivity contribution < 1.29 is 14.7 Å². The molecule has 1 aromatic carbocycles. The van der Waals surface area contributed by atoms with Gasteiger partial charge in [-0.25, -0.2) is 4.79 Å². The molecule has 3 nitrogen and oxygen atoms in total. The Labute approximate surface area is 101 Å². The quantitative estimate of drug-likeness (QED) is 0.606. The Hall–Kier alpha value is -1.90. The Morgan fingerprint density at radius 1 is 1.35 bits per heavy atom. The molecule has 0 saturated heterocycles. The zero-order valence-electron chi connectivity index (χ0n) is 9.85. The van der Waals surface area contributed by atoms with Gasteiger partial charge in [0.2, 0.25) is 0 Å². The lowest BCUT2D eigenvalue weighted by Crippen LogP contribution is -1.97. The summed E-state index contributed by atoms with van der Waals surface area (Å²) < 4.78 is 0. The van der Waals surface area contributed by atoms with Crippen molar-refractivity contribution in [3.63, 3.8) is 0 Å². The van der Waals surface area contributed by atoms with Crippen molar-refractivity contribution in [1.29, 1.82) is 0 Å². The molecule has 0 atom stereocenters. The molecule has 0 spiro atoms. The predicted octanol–water partition coefficient (Wildman–Crippen LogP) is 2.94. The summed E-state index contributed by atoms with van der Waals surface area (Å²) in [6.45, 7) is 2.08. The van der Waals surface area contributed by atoms with Crippen LogP contribution in [0.15, 0.2) is 24.3 Å². The van der Waals surface area contributed by atoms with Crippen LogP contribution in [0.1, 0.15) is 41.3 Å². The average molecular weight is 232 g/mol. The lowest BCUT2D eigenvalue weighted by atomic mass is 9.96. The lowest BCUT2D eigenvalue weighted by Gasteiger charge is -2.08. The summed E-state index contributed by atoms with van der Waals surface area (Å²) in [5.41, 5.74) is 2.39. The minimum atomic E-state index is -0.983. The maximum Gasteiger partial charge on any atom is 0.328 e. The van der Waals surface area contributed by atoms with Gasteiger partial charge in [0, 0.05) is 11.6 Å². The van der Waals surface area contributed by atoms with Crippen LogP contribution in [0.25, 0.3) is 6.08 Å². The third kappa shape index (κ3) is 3.87. The summed E-state index contributed by atoms with van der Waals surface area (Å²) in [5.74, 6) is -0.983. The summed E-state index contributed by atoms with van der Waals surface area (Å²) in [6, 6.07) is 5.36. The molecule has 3 heteroatoms.